The normalized spacial score (nSPS) is 19.3. The Bertz CT molecular complexity index is 1390. The molecule has 13 heteroatoms. The molecule has 2 fully saturated rings. The van der Waals surface area contributed by atoms with Crippen molar-refractivity contribution in [2.45, 2.75) is 44.8 Å². The Morgan fingerprint density at radius 1 is 1.10 bits per heavy atom. The Labute approximate surface area is 233 Å². The van der Waals surface area contributed by atoms with Crippen molar-refractivity contribution in [1.82, 2.24) is 14.9 Å². The predicted molar refractivity (Wildman–Crippen MR) is 143 cm³/mol. The summed E-state index contributed by atoms with van der Waals surface area (Å²) >= 11 is 0. The van der Waals surface area contributed by atoms with Gasteiger partial charge < -0.3 is 24.9 Å². The molecule has 9 nitrogen and oxygen atoms in total. The van der Waals surface area contributed by atoms with Crippen LogP contribution in [-0.2, 0) is 12.6 Å². The fraction of sp³-hybridized carbons (Fsp3) is 0.429. The minimum Gasteiger partial charge on any atom is -0.420 e. The van der Waals surface area contributed by atoms with Crippen LogP contribution >= 0.6 is 0 Å². The molecule has 218 valence electrons. The van der Waals surface area contributed by atoms with Crippen LogP contribution in [0.15, 0.2) is 47.0 Å². The van der Waals surface area contributed by atoms with Crippen LogP contribution in [-0.4, -0.2) is 58.9 Å². The number of anilines is 3. The maximum absolute atomic E-state index is 13.8. The van der Waals surface area contributed by atoms with Gasteiger partial charge in [0.05, 0.1) is 5.69 Å². The molecule has 0 spiro atoms. The van der Waals surface area contributed by atoms with Crippen molar-refractivity contribution in [1.29, 1.82) is 0 Å². The Hall–Kier alpha value is -4.16. The standard InChI is InChI=1S/C28H30F4N6O3/c1-17-5-4-11-38(15-17)27-36-25(28(30,31)32)24(41-27)22(39)13-18-8-9-23(33-14-18)34-19-10-12-37(16-19)26(40)35-21-7-3-2-6-20(21)29/h2-3,6-9,14,17,19H,4-5,10-13,15-16H2,1H3,(H,33,34)(H,35,40)/t17?,19-/m1/s1. The molecule has 2 aliphatic rings. The number of ketones is 1. The number of nitrogens with zero attached hydrogens (tertiary/aromatic N) is 4. The molecular weight excluding hydrogens is 544 g/mol. The van der Waals surface area contributed by atoms with E-state index >= 15 is 0 Å². The molecule has 5 rings (SSSR count). The highest BCUT2D eigenvalue weighted by molar-refractivity contribution is 5.96. The van der Waals surface area contributed by atoms with Crippen molar-refractivity contribution in [3.8, 4) is 0 Å². The lowest BCUT2D eigenvalue weighted by molar-refractivity contribution is -0.141. The van der Waals surface area contributed by atoms with E-state index in [1.165, 1.54) is 24.4 Å². The number of hydrogen-bond acceptors (Lipinski definition) is 7. The highest BCUT2D eigenvalue weighted by atomic mass is 19.4. The van der Waals surface area contributed by atoms with Gasteiger partial charge in [0.1, 0.15) is 11.6 Å². The Morgan fingerprint density at radius 2 is 1.90 bits per heavy atom. The van der Waals surface area contributed by atoms with E-state index in [1.807, 2.05) is 6.92 Å². The van der Waals surface area contributed by atoms with Crippen LogP contribution in [0.3, 0.4) is 0 Å². The highest BCUT2D eigenvalue weighted by Crippen LogP contribution is 2.35. The first-order valence-corrected chi connectivity index (χ1v) is 13.4. The number of likely N-dealkylation sites (tertiary alicyclic amines) is 1. The number of rotatable bonds is 7. The number of amides is 2. The van der Waals surface area contributed by atoms with Crippen molar-refractivity contribution >= 4 is 29.3 Å². The maximum atomic E-state index is 13.8. The summed E-state index contributed by atoms with van der Waals surface area (Å²) in [4.78, 5) is 36.6. The van der Waals surface area contributed by atoms with E-state index in [2.05, 4.69) is 20.6 Å². The molecule has 1 unspecified atom stereocenters. The van der Waals surface area contributed by atoms with Crippen molar-refractivity contribution in [3.05, 3.63) is 65.4 Å². The van der Waals surface area contributed by atoms with E-state index in [9.17, 15) is 27.2 Å². The number of aromatic nitrogens is 2. The molecule has 1 aromatic carbocycles. The molecule has 2 amide bonds. The van der Waals surface area contributed by atoms with Crippen LogP contribution in [0.1, 0.15) is 48.0 Å². The van der Waals surface area contributed by atoms with Gasteiger partial charge in [-0.1, -0.05) is 25.1 Å². The van der Waals surface area contributed by atoms with Crippen LogP contribution in [0.5, 0.6) is 0 Å². The van der Waals surface area contributed by atoms with Crippen LogP contribution < -0.4 is 15.5 Å². The zero-order valence-electron chi connectivity index (χ0n) is 22.4. The van der Waals surface area contributed by atoms with Crippen molar-refractivity contribution in [2.24, 2.45) is 5.92 Å². The Kier molecular flexibility index (Phi) is 8.13. The lowest BCUT2D eigenvalue weighted by Crippen LogP contribution is -2.35. The Balaban J connectivity index is 1.18. The summed E-state index contributed by atoms with van der Waals surface area (Å²) in [6.07, 6.45) is -1.35. The topological polar surface area (TPSA) is 104 Å². The number of nitrogens with one attached hydrogen (secondary N) is 2. The molecule has 2 aromatic heterocycles. The van der Waals surface area contributed by atoms with Gasteiger partial charge >= 0.3 is 12.2 Å². The molecule has 2 aliphatic heterocycles. The zero-order chi connectivity index (χ0) is 29.1. The summed E-state index contributed by atoms with van der Waals surface area (Å²) in [6, 6.07) is 8.43. The fourth-order valence-corrected chi connectivity index (χ4v) is 5.10. The second kappa shape index (κ2) is 11.8. The number of para-hydroxylation sites is 1. The number of oxazole rings is 1. The molecule has 2 atom stereocenters. The number of pyridine rings is 1. The van der Waals surface area contributed by atoms with E-state index in [0.29, 0.717) is 44.0 Å². The van der Waals surface area contributed by atoms with Gasteiger partial charge in [-0.25, -0.2) is 14.2 Å². The Morgan fingerprint density at radius 3 is 2.61 bits per heavy atom. The number of alkyl halides is 3. The van der Waals surface area contributed by atoms with Gasteiger partial charge in [0, 0.05) is 44.8 Å². The first-order valence-electron chi connectivity index (χ1n) is 13.4. The summed E-state index contributed by atoms with van der Waals surface area (Å²) in [5, 5.41) is 5.77. The number of carbonyl (C=O) groups is 2. The van der Waals surface area contributed by atoms with E-state index in [-0.39, 0.29) is 30.1 Å². The van der Waals surface area contributed by atoms with Crippen LogP contribution in [0, 0.1) is 11.7 Å². The number of piperidine rings is 1. The van der Waals surface area contributed by atoms with E-state index in [1.54, 1.807) is 28.0 Å². The zero-order valence-corrected chi connectivity index (χ0v) is 22.4. The lowest BCUT2D eigenvalue weighted by atomic mass is 10.0. The van der Waals surface area contributed by atoms with Crippen LogP contribution in [0.25, 0.3) is 0 Å². The second-order valence-electron chi connectivity index (χ2n) is 10.5. The van der Waals surface area contributed by atoms with E-state index in [0.717, 1.165) is 12.8 Å². The number of urea groups is 1. The fourth-order valence-electron chi connectivity index (χ4n) is 5.10. The van der Waals surface area contributed by atoms with Crippen molar-refractivity contribution in [2.75, 3.05) is 41.7 Å². The largest absolute Gasteiger partial charge is 0.437 e. The summed E-state index contributed by atoms with van der Waals surface area (Å²) in [7, 11) is 0. The van der Waals surface area contributed by atoms with Crippen molar-refractivity contribution < 1.29 is 31.6 Å². The van der Waals surface area contributed by atoms with E-state index in [4.69, 9.17) is 4.42 Å². The number of Topliss-reactive ketones (excluding diaryl/α,β-unsaturated/α-hetero) is 1. The monoisotopic (exact) mass is 574 g/mol. The number of hydrogen-bond donors (Lipinski definition) is 2. The molecule has 0 radical (unpaired) electrons. The SMILES string of the molecule is CC1CCCN(c2nc(C(F)(F)F)c(C(=O)Cc3ccc(N[C@@H]4CCN(C(=O)Nc5ccccc5F)C4)nc3)o2)C1. The molecular formula is C28H30F4N6O3. The summed E-state index contributed by atoms with van der Waals surface area (Å²) < 4.78 is 60.3. The summed E-state index contributed by atoms with van der Waals surface area (Å²) in [5.41, 5.74) is -0.798. The number of carbonyl (C=O) groups excluding carboxylic acids is 2. The first-order chi connectivity index (χ1) is 19.6. The average Bonchev–Trinajstić information content (AvgIpc) is 3.59. The maximum Gasteiger partial charge on any atom is 0.437 e. The minimum absolute atomic E-state index is 0.103. The summed E-state index contributed by atoms with van der Waals surface area (Å²) in [6.45, 7) is 3.86. The molecule has 0 aliphatic carbocycles. The molecule has 41 heavy (non-hydrogen) atoms. The van der Waals surface area contributed by atoms with Crippen LogP contribution in [0.2, 0.25) is 0 Å². The van der Waals surface area contributed by atoms with Crippen molar-refractivity contribution in [3.63, 3.8) is 0 Å². The second-order valence-corrected chi connectivity index (χ2v) is 10.5. The minimum atomic E-state index is -4.83. The average molecular weight is 575 g/mol. The molecule has 2 saturated heterocycles. The molecule has 3 aromatic rings. The van der Waals surface area contributed by atoms with Gasteiger partial charge in [0.25, 0.3) is 6.01 Å². The third kappa shape index (κ3) is 6.77. The summed E-state index contributed by atoms with van der Waals surface area (Å²) in [5.74, 6) is -1.39. The van der Waals surface area contributed by atoms with Crippen LogP contribution in [0.4, 0.5) is 39.9 Å². The third-order valence-corrected chi connectivity index (χ3v) is 7.20. The molecule has 0 bridgehead atoms. The van der Waals surface area contributed by atoms with Gasteiger partial charge in [-0.3, -0.25) is 4.79 Å². The first kappa shape index (κ1) is 28.4. The highest BCUT2D eigenvalue weighted by Gasteiger charge is 2.42. The molecule has 0 saturated carbocycles. The van der Waals surface area contributed by atoms with Gasteiger partial charge in [0.2, 0.25) is 11.5 Å². The van der Waals surface area contributed by atoms with Gasteiger partial charge in [-0.2, -0.15) is 18.2 Å². The van der Waals surface area contributed by atoms with Gasteiger partial charge in [-0.15, -0.1) is 0 Å². The molecule has 2 N–H and O–H groups in total. The quantitative estimate of drug-likeness (QED) is 0.279. The number of halogens is 4. The predicted octanol–water partition coefficient (Wildman–Crippen LogP) is 5.61. The smallest absolute Gasteiger partial charge is 0.420 e. The third-order valence-electron chi connectivity index (χ3n) is 7.20. The number of benzene rings is 1. The molecule has 4 heterocycles. The lowest BCUT2D eigenvalue weighted by Gasteiger charge is -2.29. The van der Waals surface area contributed by atoms with Gasteiger partial charge in [0.15, 0.2) is 5.69 Å². The van der Waals surface area contributed by atoms with Gasteiger partial charge in [-0.05, 0) is 48.9 Å². The van der Waals surface area contributed by atoms with E-state index < -0.39 is 35.3 Å².